The minimum atomic E-state index is -0.0246. The van der Waals surface area contributed by atoms with Crippen LogP contribution in [0.4, 0.5) is 0 Å². The predicted octanol–water partition coefficient (Wildman–Crippen LogP) is 3.70. The van der Waals surface area contributed by atoms with Crippen LogP contribution in [0.2, 0.25) is 0 Å². The average molecular weight is 355 g/mol. The minimum Gasteiger partial charge on any atom is -0.351 e. The van der Waals surface area contributed by atoms with E-state index in [1.165, 1.54) is 11.1 Å². The van der Waals surface area contributed by atoms with Crippen molar-refractivity contribution in [3.05, 3.63) is 71.8 Å². The van der Waals surface area contributed by atoms with Gasteiger partial charge in [0.2, 0.25) is 5.91 Å². The molecule has 1 heterocycles. The second-order valence-corrected chi connectivity index (χ2v) is 7.98. The SMILES string of the molecule is CC(SCc1ccccc1)C(=O)NC1CCN(Cc2ccccc2)C1. The Balaban J connectivity index is 1.40. The standard InChI is InChI=1S/C21H26N2OS/c1-17(25-16-19-10-6-3-7-11-19)21(24)22-20-12-13-23(15-20)14-18-8-4-2-5-9-18/h2-11,17,20H,12-16H2,1H3,(H,22,24). The first-order chi connectivity index (χ1) is 12.2. The largest absolute Gasteiger partial charge is 0.351 e. The van der Waals surface area contributed by atoms with Gasteiger partial charge < -0.3 is 5.32 Å². The molecule has 1 fully saturated rings. The van der Waals surface area contributed by atoms with Crippen LogP contribution in [-0.4, -0.2) is 35.2 Å². The molecule has 2 unspecified atom stereocenters. The van der Waals surface area contributed by atoms with E-state index >= 15 is 0 Å². The van der Waals surface area contributed by atoms with Gasteiger partial charge in [-0.3, -0.25) is 9.69 Å². The molecule has 2 atom stereocenters. The molecule has 2 aromatic rings. The third-order valence-electron chi connectivity index (χ3n) is 4.58. The summed E-state index contributed by atoms with van der Waals surface area (Å²) < 4.78 is 0. The zero-order chi connectivity index (χ0) is 17.5. The fourth-order valence-corrected chi connectivity index (χ4v) is 3.98. The van der Waals surface area contributed by atoms with Crippen molar-refractivity contribution in [1.82, 2.24) is 10.2 Å². The summed E-state index contributed by atoms with van der Waals surface area (Å²) in [4.78, 5) is 14.9. The van der Waals surface area contributed by atoms with Crippen LogP contribution >= 0.6 is 11.8 Å². The number of nitrogens with zero attached hydrogens (tertiary/aromatic N) is 1. The third kappa shape index (κ3) is 5.62. The Labute approximate surface area is 154 Å². The van der Waals surface area contributed by atoms with Gasteiger partial charge in [0.15, 0.2) is 0 Å². The lowest BCUT2D eigenvalue weighted by Crippen LogP contribution is -2.40. The van der Waals surface area contributed by atoms with Gasteiger partial charge >= 0.3 is 0 Å². The fourth-order valence-electron chi connectivity index (χ4n) is 3.13. The lowest BCUT2D eigenvalue weighted by Gasteiger charge is -2.18. The molecule has 2 aromatic carbocycles. The van der Waals surface area contributed by atoms with Gasteiger partial charge in [-0.15, -0.1) is 11.8 Å². The molecule has 4 heteroatoms. The van der Waals surface area contributed by atoms with E-state index in [9.17, 15) is 4.79 Å². The predicted molar refractivity (Wildman–Crippen MR) is 105 cm³/mol. The van der Waals surface area contributed by atoms with E-state index in [2.05, 4.69) is 46.6 Å². The number of benzene rings is 2. The number of rotatable bonds is 7. The van der Waals surface area contributed by atoms with Gasteiger partial charge in [-0.25, -0.2) is 0 Å². The summed E-state index contributed by atoms with van der Waals surface area (Å²) in [5, 5.41) is 3.20. The van der Waals surface area contributed by atoms with E-state index in [1.54, 1.807) is 11.8 Å². The molecule has 0 aliphatic carbocycles. The zero-order valence-corrected chi connectivity index (χ0v) is 15.5. The highest BCUT2D eigenvalue weighted by molar-refractivity contribution is 7.99. The molecule has 0 radical (unpaired) electrons. The summed E-state index contributed by atoms with van der Waals surface area (Å²) in [5.74, 6) is 1.03. The van der Waals surface area contributed by atoms with E-state index in [0.717, 1.165) is 31.8 Å². The van der Waals surface area contributed by atoms with Crippen LogP contribution < -0.4 is 5.32 Å². The van der Waals surface area contributed by atoms with Crippen molar-refractivity contribution >= 4 is 17.7 Å². The fraction of sp³-hybridized carbons (Fsp3) is 0.381. The maximum absolute atomic E-state index is 12.4. The van der Waals surface area contributed by atoms with Crippen LogP contribution in [0.5, 0.6) is 0 Å². The van der Waals surface area contributed by atoms with Gasteiger partial charge in [0, 0.05) is 31.4 Å². The number of thioether (sulfide) groups is 1. The normalized spacial score (nSPS) is 18.8. The molecule has 0 aromatic heterocycles. The van der Waals surface area contributed by atoms with Gasteiger partial charge in [0.25, 0.3) is 0 Å². The second-order valence-electron chi connectivity index (χ2n) is 6.65. The maximum atomic E-state index is 12.4. The number of carbonyl (C=O) groups is 1. The molecule has 1 aliphatic rings. The van der Waals surface area contributed by atoms with Crippen molar-refractivity contribution in [2.75, 3.05) is 13.1 Å². The van der Waals surface area contributed by atoms with Crippen molar-refractivity contribution in [3.8, 4) is 0 Å². The lowest BCUT2D eigenvalue weighted by atomic mass is 10.2. The first kappa shape index (κ1) is 18.0. The summed E-state index contributed by atoms with van der Waals surface area (Å²) in [5.41, 5.74) is 2.60. The van der Waals surface area contributed by atoms with Gasteiger partial charge in [0.05, 0.1) is 5.25 Å². The topological polar surface area (TPSA) is 32.3 Å². The second kappa shape index (κ2) is 9.07. The monoisotopic (exact) mass is 354 g/mol. The highest BCUT2D eigenvalue weighted by atomic mass is 32.2. The summed E-state index contributed by atoms with van der Waals surface area (Å²) in [6.45, 7) is 4.95. The van der Waals surface area contributed by atoms with Crippen molar-refractivity contribution in [2.24, 2.45) is 0 Å². The first-order valence-corrected chi connectivity index (χ1v) is 9.98. The van der Waals surface area contributed by atoms with Crippen molar-refractivity contribution in [1.29, 1.82) is 0 Å². The van der Waals surface area contributed by atoms with Gasteiger partial charge in [-0.2, -0.15) is 0 Å². The first-order valence-electron chi connectivity index (χ1n) is 8.93. The Morgan fingerprint density at radius 3 is 2.44 bits per heavy atom. The molecule has 1 N–H and O–H groups in total. The summed E-state index contributed by atoms with van der Waals surface area (Å²) in [6.07, 6.45) is 1.04. The third-order valence-corrected chi connectivity index (χ3v) is 5.79. The molecule has 3 nitrogen and oxygen atoms in total. The Morgan fingerprint density at radius 2 is 1.76 bits per heavy atom. The molecule has 0 saturated carbocycles. The summed E-state index contributed by atoms with van der Waals surface area (Å²) >= 11 is 1.70. The van der Waals surface area contributed by atoms with E-state index in [0.29, 0.717) is 0 Å². The maximum Gasteiger partial charge on any atom is 0.233 e. The van der Waals surface area contributed by atoms with Crippen molar-refractivity contribution in [2.45, 2.75) is 36.9 Å². The zero-order valence-electron chi connectivity index (χ0n) is 14.7. The van der Waals surface area contributed by atoms with Crippen molar-refractivity contribution < 1.29 is 4.79 Å². The van der Waals surface area contributed by atoms with Gasteiger partial charge in [-0.1, -0.05) is 60.7 Å². The molecular weight excluding hydrogens is 328 g/mol. The van der Waals surface area contributed by atoms with Crippen LogP contribution in [0.25, 0.3) is 0 Å². The quantitative estimate of drug-likeness (QED) is 0.823. The summed E-state index contributed by atoms with van der Waals surface area (Å²) in [6, 6.07) is 21.1. The van der Waals surface area contributed by atoms with E-state index in [4.69, 9.17) is 0 Å². The van der Waals surface area contributed by atoms with Crippen molar-refractivity contribution in [3.63, 3.8) is 0 Å². The Bertz CT molecular complexity index is 662. The van der Waals surface area contributed by atoms with E-state index in [-0.39, 0.29) is 17.2 Å². The van der Waals surface area contributed by atoms with E-state index in [1.807, 2.05) is 31.2 Å². The number of carbonyl (C=O) groups excluding carboxylic acids is 1. The molecule has 1 saturated heterocycles. The number of hydrogen-bond donors (Lipinski definition) is 1. The molecule has 3 rings (SSSR count). The summed E-state index contributed by atoms with van der Waals surface area (Å²) in [7, 11) is 0. The molecule has 132 valence electrons. The number of likely N-dealkylation sites (tertiary alicyclic amines) is 1. The number of hydrogen-bond acceptors (Lipinski definition) is 3. The Kier molecular flexibility index (Phi) is 6.54. The molecular formula is C21H26N2OS. The number of nitrogens with one attached hydrogen (secondary N) is 1. The van der Waals surface area contributed by atoms with Gasteiger partial charge in [-0.05, 0) is 24.5 Å². The molecule has 25 heavy (non-hydrogen) atoms. The van der Waals surface area contributed by atoms with E-state index < -0.39 is 0 Å². The van der Waals surface area contributed by atoms with Crippen LogP contribution in [0, 0.1) is 0 Å². The van der Waals surface area contributed by atoms with Crippen LogP contribution in [0.1, 0.15) is 24.5 Å². The molecule has 1 amide bonds. The van der Waals surface area contributed by atoms with Crippen LogP contribution in [-0.2, 0) is 17.1 Å². The molecule has 0 spiro atoms. The smallest absolute Gasteiger partial charge is 0.233 e. The highest BCUT2D eigenvalue weighted by Gasteiger charge is 2.25. The lowest BCUT2D eigenvalue weighted by molar-refractivity contribution is -0.120. The Morgan fingerprint density at radius 1 is 1.12 bits per heavy atom. The average Bonchev–Trinajstić information content (AvgIpc) is 3.08. The van der Waals surface area contributed by atoms with Gasteiger partial charge in [0.1, 0.15) is 0 Å². The van der Waals surface area contributed by atoms with Crippen LogP contribution in [0.15, 0.2) is 60.7 Å². The molecule has 0 bridgehead atoms. The molecule has 1 aliphatic heterocycles. The highest BCUT2D eigenvalue weighted by Crippen LogP contribution is 2.19. The Hall–Kier alpha value is -1.78. The number of amides is 1. The van der Waals surface area contributed by atoms with Crippen LogP contribution in [0.3, 0.4) is 0 Å². The minimum absolute atomic E-state index is 0.0246.